The van der Waals surface area contributed by atoms with Gasteiger partial charge in [-0.3, -0.25) is 15.1 Å². The fraction of sp³-hybridized carbons (Fsp3) is 0.350. The number of methoxy groups -OCH3 is 1. The van der Waals surface area contributed by atoms with E-state index < -0.39 is 14.9 Å². The number of non-ortho nitro benzene ring substituents is 1. The van der Waals surface area contributed by atoms with Gasteiger partial charge in [0.25, 0.3) is 5.69 Å². The first-order chi connectivity index (χ1) is 14.8. The van der Waals surface area contributed by atoms with E-state index in [1.807, 2.05) is 43.1 Å². The molecule has 0 heterocycles. The van der Waals surface area contributed by atoms with Crippen LogP contribution in [-0.4, -0.2) is 58.0 Å². The summed E-state index contributed by atoms with van der Waals surface area (Å²) < 4.78 is 32.6. The highest BCUT2D eigenvalue weighted by molar-refractivity contribution is 14.0. The minimum absolute atomic E-state index is 0. The summed E-state index contributed by atoms with van der Waals surface area (Å²) in [6.07, 6.45) is 0. The number of para-hydroxylation sites is 1. The molecule has 0 unspecified atom stereocenters. The predicted molar refractivity (Wildman–Crippen MR) is 134 cm³/mol. The number of rotatable bonds is 10. The quantitative estimate of drug-likeness (QED) is 0.111. The van der Waals surface area contributed by atoms with Gasteiger partial charge in [0.15, 0.2) is 5.96 Å². The van der Waals surface area contributed by atoms with Gasteiger partial charge in [0.05, 0.1) is 23.5 Å². The molecule has 10 nitrogen and oxygen atoms in total. The number of sulfonamides is 1. The molecule has 0 spiro atoms. The maximum Gasteiger partial charge on any atom is 0.270 e. The van der Waals surface area contributed by atoms with Crippen LogP contribution in [0.2, 0.25) is 0 Å². The number of halogens is 1. The number of aliphatic imine (C=N–C) groups is 1. The van der Waals surface area contributed by atoms with Gasteiger partial charge in [-0.05, 0) is 19.1 Å². The summed E-state index contributed by atoms with van der Waals surface area (Å²) in [4.78, 5) is 16.4. The summed E-state index contributed by atoms with van der Waals surface area (Å²) in [5, 5.41) is 14.0. The smallest absolute Gasteiger partial charge is 0.270 e. The Labute approximate surface area is 205 Å². The number of hydrogen-bond acceptors (Lipinski definition) is 6. The van der Waals surface area contributed by atoms with Gasteiger partial charge >= 0.3 is 0 Å². The lowest BCUT2D eigenvalue weighted by Crippen LogP contribution is -2.39. The molecule has 0 amide bonds. The molecule has 2 rings (SSSR count). The van der Waals surface area contributed by atoms with Crippen LogP contribution in [0.5, 0.6) is 5.75 Å². The summed E-state index contributed by atoms with van der Waals surface area (Å²) >= 11 is 0. The Hall–Kier alpha value is -2.45. The zero-order valence-electron chi connectivity index (χ0n) is 18.1. The third kappa shape index (κ3) is 7.91. The van der Waals surface area contributed by atoms with Crippen LogP contribution in [-0.2, 0) is 16.6 Å². The first-order valence-electron chi connectivity index (χ1n) is 9.64. The molecule has 0 bridgehead atoms. The Morgan fingerprint density at radius 3 is 2.59 bits per heavy atom. The van der Waals surface area contributed by atoms with E-state index in [0.29, 0.717) is 19.0 Å². The second-order valence-corrected chi connectivity index (χ2v) is 8.32. The molecule has 32 heavy (non-hydrogen) atoms. The molecule has 0 aliphatic rings. The number of nitrogens with one attached hydrogen (secondary N) is 2. The van der Waals surface area contributed by atoms with Crippen LogP contribution in [0, 0.1) is 10.1 Å². The first-order valence-corrected chi connectivity index (χ1v) is 11.1. The van der Waals surface area contributed by atoms with Crippen molar-refractivity contribution in [3.8, 4) is 5.75 Å². The zero-order valence-corrected chi connectivity index (χ0v) is 21.3. The molecule has 0 atom stereocenters. The minimum atomic E-state index is -3.88. The van der Waals surface area contributed by atoms with E-state index in [0.717, 1.165) is 17.4 Å². The Bertz CT molecular complexity index is 1030. The summed E-state index contributed by atoms with van der Waals surface area (Å²) in [6, 6.07) is 12.6. The van der Waals surface area contributed by atoms with E-state index in [9.17, 15) is 18.5 Å². The SMILES string of the molecule is CCNC(=NCCNS(=O)(=O)c1cccc([N+](=O)[O-])c1)N(C)Cc1ccccc1OC.I. The number of ether oxygens (including phenoxy) is 1. The average molecular weight is 577 g/mol. The summed E-state index contributed by atoms with van der Waals surface area (Å²) in [7, 11) is -0.386. The molecule has 2 aromatic carbocycles. The number of nitrogens with zero attached hydrogens (tertiary/aromatic N) is 3. The van der Waals surface area contributed by atoms with E-state index in [1.165, 1.54) is 18.2 Å². The van der Waals surface area contributed by atoms with Crippen LogP contribution >= 0.6 is 24.0 Å². The van der Waals surface area contributed by atoms with Crippen LogP contribution in [0.1, 0.15) is 12.5 Å². The lowest BCUT2D eigenvalue weighted by Gasteiger charge is -2.23. The minimum Gasteiger partial charge on any atom is -0.496 e. The molecule has 0 saturated carbocycles. The molecule has 12 heteroatoms. The molecule has 0 radical (unpaired) electrons. The number of benzene rings is 2. The maximum atomic E-state index is 12.4. The molecule has 2 N–H and O–H groups in total. The topological polar surface area (TPSA) is 126 Å². The normalized spacial score (nSPS) is 11.4. The van der Waals surface area contributed by atoms with E-state index in [2.05, 4.69) is 15.0 Å². The monoisotopic (exact) mass is 577 g/mol. The molecule has 0 aliphatic carbocycles. The van der Waals surface area contributed by atoms with Crippen LogP contribution in [0.4, 0.5) is 5.69 Å². The van der Waals surface area contributed by atoms with Crippen molar-refractivity contribution in [1.29, 1.82) is 0 Å². The van der Waals surface area contributed by atoms with Crippen molar-refractivity contribution in [2.75, 3.05) is 33.8 Å². The fourth-order valence-electron chi connectivity index (χ4n) is 2.82. The highest BCUT2D eigenvalue weighted by Gasteiger charge is 2.17. The van der Waals surface area contributed by atoms with E-state index in [-0.39, 0.29) is 47.6 Å². The highest BCUT2D eigenvalue weighted by atomic mass is 127. The molecule has 0 aliphatic heterocycles. The van der Waals surface area contributed by atoms with Gasteiger partial charge in [-0.2, -0.15) is 0 Å². The number of nitro benzene ring substituents is 1. The molecule has 0 fully saturated rings. The Morgan fingerprint density at radius 1 is 1.22 bits per heavy atom. The van der Waals surface area contributed by atoms with E-state index >= 15 is 0 Å². The Balaban J connectivity index is 0.00000512. The van der Waals surface area contributed by atoms with Gasteiger partial charge in [-0.1, -0.05) is 24.3 Å². The number of guanidine groups is 1. The van der Waals surface area contributed by atoms with E-state index in [4.69, 9.17) is 4.74 Å². The summed E-state index contributed by atoms with van der Waals surface area (Å²) in [6.45, 7) is 3.37. The van der Waals surface area contributed by atoms with Crippen LogP contribution in [0.25, 0.3) is 0 Å². The van der Waals surface area contributed by atoms with Gasteiger partial charge in [0, 0.05) is 44.4 Å². The lowest BCUT2D eigenvalue weighted by molar-refractivity contribution is -0.385. The maximum absolute atomic E-state index is 12.4. The lowest BCUT2D eigenvalue weighted by atomic mass is 10.2. The summed E-state index contributed by atoms with van der Waals surface area (Å²) in [5.41, 5.74) is 0.706. The van der Waals surface area contributed by atoms with Gasteiger partial charge in [0.2, 0.25) is 10.0 Å². The molecule has 0 aromatic heterocycles. The highest BCUT2D eigenvalue weighted by Crippen LogP contribution is 2.19. The zero-order chi connectivity index (χ0) is 22.9. The second kappa shape index (κ2) is 13.2. The molecule has 176 valence electrons. The van der Waals surface area contributed by atoms with Crippen molar-refractivity contribution in [2.45, 2.75) is 18.4 Å². The van der Waals surface area contributed by atoms with Crippen molar-refractivity contribution in [1.82, 2.24) is 14.9 Å². The molecule has 0 saturated heterocycles. The number of nitro groups is 1. The van der Waals surface area contributed by atoms with Crippen molar-refractivity contribution >= 4 is 45.6 Å². The van der Waals surface area contributed by atoms with Crippen molar-refractivity contribution in [2.24, 2.45) is 4.99 Å². The molecule has 2 aromatic rings. The number of hydrogen-bond donors (Lipinski definition) is 2. The second-order valence-electron chi connectivity index (χ2n) is 6.56. The van der Waals surface area contributed by atoms with Crippen LogP contribution < -0.4 is 14.8 Å². The molecular formula is C20H28IN5O5S. The summed E-state index contributed by atoms with van der Waals surface area (Å²) in [5.74, 6) is 1.39. The average Bonchev–Trinajstić information content (AvgIpc) is 2.76. The van der Waals surface area contributed by atoms with Gasteiger partial charge < -0.3 is 15.0 Å². The van der Waals surface area contributed by atoms with Gasteiger partial charge in [-0.25, -0.2) is 13.1 Å². The van der Waals surface area contributed by atoms with Crippen molar-refractivity contribution in [3.63, 3.8) is 0 Å². The van der Waals surface area contributed by atoms with Crippen LogP contribution in [0.15, 0.2) is 58.4 Å². The molecular weight excluding hydrogens is 549 g/mol. The largest absolute Gasteiger partial charge is 0.496 e. The van der Waals surface area contributed by atoms with Crippen molar-refractivity contribution < 1.29 is 18.1 Å². The first kappa shape index (κ1) is 27.6. The Kier molecular flexibility index (Phi) is 11.4. The Morgan fingerprint density at radius 2 is 1.94 bits per heavy atom. The van der Waals surface area contributed by atoms with Gasteiger partial charge in [0.1, 0.15) is 5.75 Å². The standard InChI is InChI=1S/C20H27N5O5S.HI/c1-4-21-20(24(2)15-16-8-5-6-11-19(16)30-3)22-12-13-23-31(28,29)18-10-7-9-17(14-18)25(26)27;/h5-11,14,23H,4,12-13,15H2,1-3H3,(H,21,22);1H. The third-order valence-corrected chi connectivity index (χ3v) is 5.76. The van der Waals surface area contributed by atoms with Gasteiger partial charge in [-0.15, -0.1) is 24.0 Å². The third-order valence-electron chi connectivity index (χ3n) is 4.30. The predicted octanol–water partition coefficient (Wildman–Crippen LogP) is 2.60. The van der Waals surface area contributed by atoms with Crippen LogP contribution in [0.3, 0.4) is 0 Å². The fourth-order valence-corrected chi connectivity index (χ4v) is 3.88. The van der Waals surface area contributed by atoms with E-state index in [1.54, 1.807) is 7.11 Å². The van der Waals surface area contributed by atoms with Crippen molar-refractivity contribution in [3.05, 3.63) is 64.2 Å².